The van der Waals surface area contributed by atoms with E-state index >= 15 is 0 Å². The van der Waals surface area contributed by atoms with E-state index in [4.69, 9.17) is 4.74 Å². The van der Waals surface area contributed by atoms with Gasteiger partial charge in [-0.3, -0.25) is 4.68 Å². The van der Waals surface area contributed by atoms with Gasteiger partial charge in [-0.2, -0.15) is 5.10 Å². The summed E-state index contributed by atoms with van der Waals surface area (Å²) in [5.74, 6) is 0.833. The fraction of sp³-hybridized carbons (Fsp3) is 0.471. The Bertz CT molecular complexity index is 646. The Morgan fingerprint density at radius 3 is 2.95 bits per heavy atom. The summed E-state index contributed by atoms with van der Waals surface area (Å²) in [4.78, 5) is 0. The number of ether oxygens (including phenoxy) is 1. The Hall–Kier alpha value is -1.81. The number of hydrogen-bond acceptors (Lipinski definition) is 3. The lowest BCUT2D eigenvalue weighted by Crippen LogP contribution is -2.25. The summed E-state index contributed by atoms with van der Waals surface area (Å²) in [7, 11) is 0. The van der Waals surface area contributed by atoms with Gasteiger partial charge in [0.1, 0.15) is 17.5 Å². The molecule has 0 saturated heterocycles. The standard InChI is InChI=1S/C17H22N2O2/c1-4-10-19-14(8-9-18-19)15(20)13-7-5-6-12-11-17(2,3)21-16(12)13/h5-9,15,20H,4,10-11H2,1-3H3. The van der Waals surface area contributed by atoms with E-state index in [-0.39, 0.29) is 5.60 Å². The molecule has 2 heterocycles. The Morgan fingerprint density at radius 1 is 1.38 bits per heavy atom. The van der Waals surface area contributed by atoms with E-state index in [2.05, 4.69) is 31.9 Å². The van der Waals surface area contributed by atoms with Gasteiger partial charge in [0.2, 0.25) is 0 Å². The molecule has 1 aliphatic rings. The maximum atomic E-state index is 10.8. The molecule has 112 valence electrons. The molecule has 0 fully saturated rings. The van der Waals surface area contributed by atoms with Crippen molar-refractivity contribution in [2.45, 2.75) is 51.9 Å². The first kappa shape index (κ1) is 14.1. The Labute approximate surface area is 125 Å². The second kappa shape index (κ2) is 5.19. The van der Waals surface area contributed by atoms with Crippen molar-refractivity contribution in [3.8, 4) is 5.75 Å². The number of aliphatic hydroxyl groups excluding tert-OH is 1. The highest BCUT2D eigenvalue weighted by Crippen LogP contribution is 2.41. The summed E-state index contributed by atoms with van der Waals surface area (Å²) in [5.41, 5.74) is 2.61. The van der Waals surface area contributed by atoms with E-state index in [1.165, 1.54) is 0 Å². The maximum absolute atomic E-state index is 10.8. The quantitative estimate of drug-likeness (QED) is 0.939. The number of fused-ring (bicyclic) bond motifs is 1. The lowest BCUT2D eigenvalue weighted by atomic mass is 9.98. The predicted octanol–water partition coefficient (Wildman–Crippen LogP) is 3.09. The molecule has 4 heteroatoms. The van der Waals surface area contributed by atoms with Gasteiger partial charge < -0.3 is 9.84 Å². The Morgan fingerprint density at radius 2 is 2.19 bits per heavy atom. The number of benzene rings is 1. The molecule has 4 nitrogen and oxygen atoms in total. The molecule has 1 atom stereocenters. The van der Waals surface area contributed by atoms with Gasteiger partial charge in [0.05, 0.1) is 5.69 Å². The molecule has 0 spiro atoms. The first-order chi connectivity index (χ1) is 10.0. The number of aryl methyl sites for hydroxylation is 1. The smallest absolute Gasteiger partial charge is 0.129 e. The number of rotatable bonds is 4. The van der Waals surface area contributed by atoms with Crippen molar-refractivity contribution < 1.29 is 9.84 Å². The van der Waals surface area contributed by atoms with Crippen LogP contribution in [0, 0.1) is 0 Å². The van der Waals surface area contributed by atoms with Crippen LogP contribution in [0.15, 0.2) is 30.5 Å². The highest BCUT2D eigenvalue weighted by molar-refractivity contribution is 5.48. The molecule has 3 rings (SSSR count). The van der Waals surface area contributed by atoms with Crippen molar-refractivity contribution in [3.05, 3.63) is 47.3 Å². The minimum Gasteiger partial charge on any atom is -0.487 e. The Balaban J connectivity index is 1.98. The van der Waals surface area contributed by atoms with Gasteiger partial charge in [0.25, 0.3) is 0 Å². The maximum Gasteiger partial charge on any atom is 0.129 e. The van der Waals surface area contributed by atoms with Crippen LogP contribution < -0.4 is 4.74 Å². The van der Waals surface area contributed by atoms with Crippen molar-refractivity contribution in [1.82, 2.24) is 9.78 Å². The molecule has 1 aromatic heterocycles. The fourth-order valence-corrected chi connectivity index (χ4v) is 2.99. The average molecular weight is 286 g/mol. The first-order valence-electron chi connectivity index (χ1n) is 7.52. The second-order valence-electron chi connectivity index (χ2n) is 6.26. The zero-order chi connectivity index (χ0) is 15.0. The van der Waals surface area contributed by atoms with Crippen molar-refractivity contribution >= 4 is 0 Å². The van der Waals surface area contributed by atoms with E-state index in [0.29, 0.717) is 0 Å². The van der Waals surface area contributed by atoms with Crippen LogP contribution in [-0.4, -0.2) is 20.5 Å². The lowest BCUT2D eigenvalue weighted by Gasteiger charge is -2.20. The van der Waals surface area contributed by atoms with E-state index in [9.17, 15) is 5.11 Å². The zero-order valence-corrected chi connectivity index (χ0v) is 12.8. The van der Waals surface area contributed by atoms with Crippen molar-refractivity contribution in [2.24, 2.45) is 0 Å². The second-order valence-corrected chi connectivity index (χ2v) is 6.26. The van der Waals surface area contributed by atoms with Gasteiger partial charge in [-0.25, -0.2) is 0 Å². The summed E-state index contributed by atoms with van der Waals surface area (Å²) < 4.78 is 7.92. The molecule has 1 aliphatic heterocycles. The molecule has 0 aliphatic carbocycles. The fourth-order valence-electron chi connectivity index (χ4n) is 2.99. The van der Waals surface area contributed by atoms with Gasteiger partial charge >= 0.3 is 0 Å². The molecule has 0 saturated carbocycles. The molecule has 0 amide bonds. The SMILES string of the molecule is CCCn1nccc1C(O)c1cccc2c1OC(C)(C)C2. The highest BCUT2D eigenvalue weighted by Gasteiger charge is 2.33. The Kier molecular flexibility index (Phi) is 3.49. The third kappa shape index (κ3) is 2.56. The van der Waals surface area contributed by atoms with Gasteiger partial charge in [0.15, 0.2) is 0 Å². The van der Waals surface area contributed by atoms with Crippen molar-refractivity contribution in [1.29, 1.82) is 0 Å². The lowest BCUT2D eigenvalue weighted by molar-refractivity contribution is 0.130. The molecule has 2 aromatic rings. The zero-order valence-electron chi connectivity index (χ0n) is 12.8. The number of nitrogens with zero attached hydrogens (tertiary/aromatic N) is 2. The minimum atomic E-state index is -0.706. The predicted molar refractivity (Wildman–Crippen MR) is 81.4 cm³/mol. The topological polar surface area (TPSA) is 47.3 Å². The third-order valence-electron chi connectivity index (χ3n) is 3.88. The molecule has 1 N–H and O–H groups in total. The number of aliphatic hydroxyl groups is 1. The number of aromatic nitrogens is 2. The van der Waals surface area contributed by atoms with E-state index in [1.807, 2.05) is 22.9 Å². The molecule has 0 bridgehead atoms. The highest BCUT2D eigenvalue weighted by atomic mass is 16.5. The van der Waals surface area contributed by atoms with E-state index in [1.54, 1.807) is 6.20 Å². The summed E-state index contributed by atoms with van der Waals surface area (Å²) in [6.45, 7) is 7.06. The summed E-state index contributed by atoms with van der Waals surface area (Å²) >= 11 is 0. The van der Waals surface area contributed by atoms with Crippen molar-refractivity contribution in [3.63, 3.8) is 0 Å². The number of hydrogen-bond donors (Lipinski definition) is 1. The van der Waals surface area contributed by atoms with E-state index in [0.717, 1.165) is 42.0 Å². The van der Waals surface area contributed by atoms with E-state index < -0.39 is 6.10 Å². The molecular weight excluding hydrogens is 264 g/mol. The van der Waals surface area contributed by atoms with Crippen LogP contribution >= 0.6 is 0 Å². The summed E-state index contributed by atoms with van der Waals surface area (Å²) in [6.07, 6.45) is 2.89. The van der Waals surface area contributed by atoms with Crippen LogP contribution in [0.4, 0.5) is 0 Å². The minimum absolute atomic E-state index is 0.207. The monoisotopic (exact) mass is 286 g/mol. The molecule has 21 heavy (non-hydrogen) atoms. The average Bonchev–Trinajstić information content (AvgIpc) is 3.00. The van der Waals surface area contributed by atoms with Gasteiger partial charge in [-0.15, -0.1) is 0 Å². The molecule has 0 radical (unpaired) electrons. The van der Waals surface area contributed by atoms with Crippen LogP contribution in [0.1, 0.15) is 50.1 Å². The normalized spacial score (nSPS) is 17.3. The molecule has 1 aromatic carbocycles. The van der Waals surface area contributed by atoms with Crippen LogP contribution in [0.25, 0.3) is 0 Å². The van der Waals surface area contributed by atoms with Crippen molar-refractivity contribution in [2.75, 3.05) is 0 Å². The summed E-state index contributed by atoms with van der Waals surface area (Å²) in [5, 5.41) is 15.1. The third-order valence-corrected chi connectivity index (χ3v) is 3.88. The first-order valence-corrected chi connectivity index (χ1v) is 7.52. The van der Waals surface area contributed by atoms with Crippen LogP contribution in [0.3, 0.4) is 0 Å². The van der Waals surface area contributed by atoms with Crippen LogP contribution in [-0.2, 0) is 13.0 Å². The molecular formula is C17H22N2O2. The van der Waals surface area contributed by atoms with Crippen LogP contribution in [0.2, 0.25) is 0 Å². The van der Waals surface area contributed by atoms with Gasteiger partial charge in [-0.1, -0.05) is 25.1 Å². The van der Waals surface area contributed by atoms with Gasteiger partial charge in [0, 0.05) is 24.7 Å². The summed E-state index contributed by atoms with van der Waals surface area (Å²) in [6, 6.07) is 7.88. The van der Waals surface area contributed by atoms with Crippen LogP contribution in [0.5, 0.6) is 5.75 Å². The largest absolute Gasteiger partial charge is 0.487 e. The number of para-hydroxylation sites is 1. The van der Waals surface area contributed by atoms with Gasteiger partial charge in [-0.05, 0) is 31.9 Å². The molecule has 1 unspecified atom stereocenters.